The van der Waals surface area contributed by atoms with Gasteiger partial charge in [-0.05, 0) is 24.8 Å². The molecule has 1 aliphatic rings. The quantitative estimate of drug-likeness (QED) is 0.796. The third kappa shape index (κ3) is 4.66. The van der Waals surface area contributed by atoms with Crippen LogP contribution in [0.25, 0.3) is 0 Å². The van der Waals surface area contributed by atoms with Crippen molar-refractivity contribution in [1.82, 2.24) is 20.0 Å². The first-order valence-electron chi connectivity index (χ1n) is 8.87. The fraction of sp³-hybridized carbons (Fsp3) is 0.611. The Morgan fingerprint density at radius 2 is 2.42 bits per heavy atom. The zero-order valence-corrected chi connectivity index (χ0v) is 15.5. The van der Waals surface area contributed by atoms with Gasteiger partial charge in [-0.2, -0.15) is 5.10 Å². The molecule has 0 bridgehead atoms. The van der Waals surface area contributed by atoms with Gasteiger partial charge in [0.05, 0.1) is 24.9 Å². The number of hydrogen-bond acceptors (Lipinski definition) is 5. The summed E-state index contributed by atoms with van der Waals surface area (Å²) in [5.41, 5.74) is 1.25. The molecule has 0 amide bonds. The van der Waals surface area contributed by atoms with Gasteiger partial charge in [-0.25, -0.2) is 0 Å². The van der Waals surface area contributed by atoms with Crippen LogP contribution in [0.2, 0.25) is 0 Å². The number of hydrogen-bond donors (Lipinski definition) is 1. The lowest BCUT2D eigenvalue weighted by Crippen LogP contribution is -2.45. The van der Waals surface area contributed by atoms with Crippen LogP contribution in [0.3, 0.4) is 0 Å². The third-order valence-corrected chi connectivity index (χ3v) is 5.36. The predicted molar refractivity (Wildman–Crippen MR) is 98.3 cm³/mol. The van der Waals surface area contributed by atoms with E-state index in [0.29, 0.717) is 12.1 Å². The van der Waals surface area contributed by atoms with Crippen LogP contribution in [0.5, 0.6) is 0 Å². The first-order valence-corrected chi connectivity index (χ1v) is 9.75. The van der Waals surface area contributed by atoms with Crippen LogP contribution in [-0.2, 0) is 17.8 Å². The Labute approximate surface area is 148 Å². The van der Waals surface area contributed by atoms with E-state index in [1.54, 1.807) is 0 Å². The van der Waals surface area contributed by atoms with Gasteiger partial charge >= 0.3 is 0 Å². The van der Waals surface area contributed by atoms with E-state index >= 15 is 0 Å². The SMILES string of the molecule is CCCn1cc(CNCC(c2cccs2)N2CCOC(C)C2)cn1. The normalized spacial score (nSPS) is 20.3. The Balaban J connectivity index is 1.57. The molecule has 2 unspecified atom stereocenters. The van der Waals surface area contributed by atoms with Crippen molar-refractivity contribution in [3.8, 4) is 0 Å². The summed E-state index contributed by atoms with van der Waals surface area (Å²) in [5, 5.41) is 10.2. The Hall–Kier alpha value is -1.21. The molecule has 1 aliphatic heterocycles. The van der Waals surface area contributed by atoms with E-state index < -0.39 is 0 Å². The van der Waals surface area contributed by atoms with Crippen molar-refractivity contribution in [2.75, 3.05) is 26.2 Å². The molecule has 0 aliphatic carbocycles. The van der Waals surface area contributed by atoms with Crippen LogP contribution in [0, 0.1) is 0 Å². The van der Waals surface area contributed by atoms with Crippen LogP contribution in [0.15, 0.2) is 29.9 Å². The lowest BCUT2D eigenvalue weighted by atomic mass is 10.1. The van der Waals surface area contributed by atoms with Crippen molar-refractivity contribution in [2.45, 2.75) is 45.5 Å². The molecule has 132 valence electrons. The largest absolute Gasteiger partial charge is 0.376 e. The molecule has 0 spiro atoms. The van der Waals surface area contributed by atoms with Crippen molar-refractivity contribution in [2.24, 2.45) is 0 Å². The minimum Gasteiger partial charge on any atom is -0.376 e. The average Bonchev–Trinajstić information content (AvgIpc) is 3.24. The summed E-state index contributed by atoms with van der Waals surface area (Å²) in [5.74, 6) is 0. The summed E-state index contributed by atoms with van der Waals surface area (Å²) in [7, 11) is 0. The lowest BCUT2D eigenvalue weighted by molar-refractivity contribution is -0.0339. The minimum absolute atomic E-state index is 0.313. The Morgan fingerprint density at radius 3 is 3.17 bits per heavy atom. The second-order valence-corrected chi connectivity index (χ2v) is 7.43. The third-order valence-electron chi connectivity index (χ3n) is 4.39. The lowest BCUT2D eigenvalue weighted by Gasteiger charge is -2.37. The van der Waals surface area contributed by atoms with Crippen LogP contribution in [0.4, 0.5) is 0 Å². The maximum Gasteiger partial charge on any atom is 0.0674 e. The second kappa shape index (κ2) is 8.76. The number of morpholine rings is 1. The van der Waals surface area contributed by atoms with Crippen molar-refractivity contribution < 1.29 is 4.74 Å². The van der Waals surface area contributed by atoms with E-state index in [2.05, 4.69) is 52.9 Å². The Bertz CT molecular complexity index is 598. The molecule has 1 N–H and O–H groups in total. The number of aryl methyl sites for hydroxylation is 1. The van der Waals surface area contributed by atoms with Gasteiger partial charge < -0.3 is 10.1 Å². The highest BCUT2D eigenvalue weighted by Gasteiger charge is 2.25. The Kier molecular flexibility index (Phi) is 6.43. The number of thiophene rings is 1. The summed E-state index contributed by atoms with van der Waals surface area (Å²) >= 11 is 1.84. The predicted octanol–water partition coefficient (Wildman–Crippen LogP) is 2.91. The molecule has 0 saturated carbocycles. The molecule has 2 aromatic heterocycles. The maximum absolute atomic E-state index is 5.71. The number of nitrogens with zero attached hydrogens (tertiary/aromatic N) is 3. The van der Waals surface area contributed by atoms with E-state index in [4.69, 9.17) is 4.74 Å². The van der Waals surface area contributed by atoms with Gasteiger partial charge in [-0.15, -0.1) is 11.3 Å². The van der Waals surface area contributed by atoms with Crippen LogP contribution < -0.4 is 5.32 Å². The molecule has 3 heterocycles. The van der Waals surface area contributed by atoms with Gasteiger partial charge in [0, 0.05) is 49.4 Å². The standard InChI is InChI=1S/C18H28N4OS/c1-3-6-22-14-16(11-20-22)10-19-12-17(18-5-4-9-24-18)21-7-8-23-15(2)13-21/h4-5,9,11,14-15,17,19H,3,6-8,10,12-13H2,1-2H3. The maximum atomic E-state index is 5.71. The molecule has 2 aromatic rings. The summed E-state index contributed by atoms with van der Waals surface area (Å²) in [6, 6.07) is 4.81. The van der Waals surface area contributed by atoms with E-state index in [1.807, 2.05) is 22.2 Å². The molecular weight excluding hydrogens is 320 g/mol. The summed E-state index contributed by atoms with van der Waals surface area (Å²) in [6.07, 6.45) is 5.55. The van der Waals surface area contributed by atoms with Gasteiger partial charge in [0.25, 0.3) is 0 Å². The number of nitrogens with one attached hydrogen (secondary N) is 1. The van der Waals surface area contributed by atoms with Crippen LogP contribution in [-0.4, -0.2) is 47.0 Å². The zero-order chi connectivity index (χ0) is 16.8. The smallest absolute Gasteiger partial charge is 0.0674 e. The van der Waals surface area contributed by atoms with E-state index in [1.165, 1.54) is 10.4 Å². The fourth-order valence-electron chi connectivity index (χ4n) is 3.22. The fourth-order valence-corrected chi connectivity index (χ4v) is 4.08. The van der Waals surface area contributed by atoms with E-state index in [-0.39, 0.29) is 0 Å². The van der Waals surface area contributed by atoms with Crippen molar-refractivity contribution in [3.05, 3.63) is 40.3 Å². The number of rotatable bonds is 8. The van der Waals surface area contributed by atoms with E-state index in [9.17, 15) is 0 Å². The zero-order valence-electron chi connectivity index (χ0n) is 14.6. The summed E-state index contributed by atoms with van der Waals surface area (Å²) in [6.45, 7) is 9.97. The first kappa shape index (κ1) is 17.6. The number of ether oxygens (including phenoxy) is 1. The summed E-state index contributed by atoms with van der Waals surface area (Å²) in [4.78, 5) is 3.98. The van der Waals surface area contributed by atoms with Gasteiger partial charge in [0.2, 0.25) is 0 Å². The van der Waals surface area contributed by atoms with Gasteiger partial charge in [-0.3, -0.25) is 9.58 Å². The molecule has 5 nitrogen and oxygen atoms in total. The van der Waals surface area contributed by atoms with E-state index in [0.717, 1.165) is 45.8 Å². The highest BCUT2D eigenvalue weighted by atomic mass is 32.1. The molecule has 6 heteroatoms. The molecule has 1 saturated heterocycles. The highest BCUT2D eigenvalue weighted by molar-refractivity contribution is 7.10. The van der Waals surface area contributed by atoms with Crippen LogP contribution in [0.1, 0.15) is 36.8 Å². The average molecular weight is 349 g/mol. The Morgan fingerprint density at radius 1 is 1.50 bits per heavy atom. The van der Waals surface area contributed by atoms with Crippen molar-refractivity contribution in [3.63, 3.8) is 0 Å². The molecule has 1 fully saturated rings. The summed E-state index contributed by atoms with van der Waals surface area (Å²) < 4.78 is 7.73. The monoisotopic (exact) mass is 348 g/mol. The molecule has 3 rings (SSSR count). The van der Waals surface area contributed by atoms with Gasteiger partial charge in [0.15, 0.2) is 0 Å². The van der Waals surface area contributed by atoms with Crippen molar-refractivity contribution in [1.29, 1.82) is 0 Å². The molecule has 0 aromatic carbocycles. The topological polar surface area (TPSA) is 42.3 Å². The number of aromatic nitrogens is 2. The second-order valence-electron chi connectivity index (χ2n) is 6.45. The molecule has 24 heavy (non-hydrogen) atoms. The first-order chi connectivity index (χ1) is 11.8. The van der Waals surface area contributed by atoms with Crippen molar-refractivity contribution >= 4 is 11.3 Å². The highest BCUT2D eigenvalue weighted by Crippen LogP contribution is 2.26. The molecular formula is C18H28N4OS. The minimum atomic E-state index is 0.313. The van der Waals surface area contributed by atoms with Gasteiger partial charge in [0.1, 0.15) is 0 Å². The van der Waals surface area contributed by atoms with Crippen LogP contribution >= 0.6 is 11.3 Å². The van der Waals surface area contributed by atoms with Gasteiger partial charge in [-0.1, -0.05) is 13.0 Å². The molecule has 0 radical (unpaired) electrons. The molecule has 2 atom stereocenters.